The second-order valence-corrected chi connectivity index (χ2v) is 4.16. The van der Waals surface area contributed by atoms with Crippen molar-refractivity contribution in [3.8, 4) is 0 Å². The molecule has 0 aliphatic rings. The lowest BCUT2D eigenvalue weighted by molar-refractivity contribution is -0.146. The SMILES string of the molecule is CC(C)(CO)CC(=O)NCC(O)C(=O)O. The molecule has 0 aromatic carbocycles. The molecule has 0 saturated heterocycles. The molecular formula is C9H17NO5. The van der Waals surface area contributed by atoms with Crippen LogP contribution in [0.25, 0.3) is 0 Å². The minimum Gasteiger partial charge on any atom is -0.479 e. The van der Waals surface area contributed by atoms with Crippen LogP contribution in [0.4, 0.5) is 0 Å². The Labute approximate surface area is 87.9 Å². The summed E-state index contributed by atoms with van der Waals surface area (Å²) in [4.78, 5) is 21.4. The normalized spacial score (nSPS) is 13.3. The third-order valence-electron chi connectivity index (χ3n) is 1.84. The Hall–Kier alpha value is -1.14. The molecule has 0 radical (unpaired) electrons. The standard InChI is InChI=1S/C9H17NO5/c1-9(2,5-11)3-7(13)10-4-6(12)8(14)15/h6,11-12H,3-5H2,1-2H3,(H,10,13)(H,14,15). The van der Waals surface area contributed by atoms with Crippen LogP contribution < -0.4 is 5.32 Å². The van der Waals surface area contributed by atoms with E-state index in [4.69, 9.17) is 15.3 Å². The van der Waals surface area contributed by atoms with Crippen LogP contribution >= 0.6 is 0 Å². The second kappa shape index (κ2) is 5.67. The van der Waals surface area contributed by atoms with Crippen molar-refractivity contribution in [2.45, 2.75) is 26.4 Å². The Balaban J connectivity index is 3.91. The molecule has 15 heavy (non-hydrogen) atoms. The molecule has 1 atom stereocenters. The van der Waals surface area contributed by atoms with Gasteiger partial charge in [0.2, 0.25) is 5.91 Å². The number of rotatable bonds is 6. The average Bonchev–Trinajstić information content (AvgIpc) is 2.13. The third-order valence-corrected chi connectivity index (χ3v) is 1.84. The number of carbonyl (C=O) groups is 2. The topological polar surface area (TPSA) is 107 Å². The van der Waals surface area contributed by atoms with Crippen molar-refractivity contribution in [3.63, 3.8) is 0 Å². The summed E-state index contributed by atoms with van der Waals surface area (Å²) in [5, 5.41) is 28.4. The molecule has 0 aliphatic carbocycles. The number of carbonyl (C=O) groups excluding carboxylic acids is 1. The fourth-order valence-electron chi connectivity index (χ4n) is 0.851. The highest BCUT2D eigenvalue weighted by atomic mass is 16.4. The van der Waals surface area contributed by atoms with E-state index in [1.54, 1.807) is 13.8 Å². The first-order valence-electron chi connectivity index (χ1n) is 4.57. The van der Waals surface area contributed by atoms with Gasteiger partial charge in [-0.3, -0.25) is 4.79 Å². The molecule has 0 aromatic rings. The van der Waals surface area contributed by atoms with Gasteiger partial charge in [0, 0.05) is 13.0 Å². The van der Waals surface area contributed by atoms with Crippen molar-refractivity contribution in [3.05, 3.63) is 0 Å². The molecule has 1 amide bonds. The molecule has 0 aromatic heterocycles. The van der Waals surface area contributed by atoms with E-state index in [1.807, 2.05) is 0 Å². The van der Waals surface area contributed by atoms with Crippen molar-refractivity contribution in [1.82, 2.24) is 5.32 Å². The van der Waals surface area contributed by atoms with Crippen LogP contribution in [-0.2, 0) is 9.59 Å². The van der Waals surface area contributed by atoms with Gasteiger partial charge >= 0.3 is 5.97 Å². The van der Waals surface area contributed by atoms with Crippen molar-refractivity contribution in [2.75, 3.05) is 13.2 Å². The van der Waals surface area contributed by atoms with Gasteiger partial charge in [-0.25, -0.2) is 4.79 Å². The molecular weight excluding hydrogens is 202 g/mol. The van der Waals surface area contributed by atoms with E-state index in [9.17, 15) is 9.59 Å². The van der Waals surface area contributed by atoms with Gasteiger partial charge in [-0.05, 0) is 5.41 Å². The average molecular weight is 219 g/mol. The predicted molar refractivity (Wildman–Crippen MR) is 52.1 cm³/mol. The van der Waals surface area contributed by atoms with E-state index < -0.39 is 23.4 Å². The fraction of sp³-hybridized carbons (Fsp3) is 0.778. The lowest BCUT2D eigenvalue weighted by atomic mass is 9.90. The Morgan fingerprint density at radius 2 is 1.93 bits per heavy atom. The smallest absolute Gasteiger partial charge is 0.334 e. The lowest BCUT2D eigenvalue weighted by Gasteiger charge is -2.20. The lowest BCUT2D eigenvalue weighted by Crippen LogP contribution is -2.38. The Morgan fingerprint density at radius 1 is 1.40 bits per heavy atom. The number of aliphatic hydroxyl groups is 2. The maximum atomic E-state index is 11.2. The van der Waals surface area contributed by atoms with E-state index in [-0.39, 0.29) is 19.6 Å². The van der Waals surface area contributed by atoms with E-state index in [0.29, 0.717) is 0 Å². The van der Waals surface area contributed by atoms with Crippen molar-refractivity contribution >= 4 is 11.9 Å². The molecule has 1 unspecified atom stereocenters. The summed E-state index contributed by atoms with van der Waals surface area (Å²) < 4.78 is 0. The van der Waals surface area contributed by atoms with Crippen molar-refractivity contribution < 1.29 is 24.9 Å². The number of aliphatic hydroxyl groups excluding tert-OH is 2. The number of amides is 1. The number of hydrogen-bond acceptors (Lipinski definition) is 4. The van der Waals surface area contributed by atoms with Gasteiger partial charge in [0.15, 0.2) is 6.10 Å². The molecule has 88 valence electrons. The van der Waals surface area contributed by atoms with Gasteiger partial charge in [-0.2, -0.15) is 0 Å². The summed E-state index contributed by atoms with van der Waals surface area (Å²) in [6.07, 6.45) is -1.51. The Morgan fingerprint density at radius 3 is 2.33 bits per heavy atom. The van der Waals surface area contributed by atoms with Crippen LogP contribution in [0.5, 0.6) is 0 Å². The van der Waals surface area contributed by atoms with Gasteiger partial charge in [-0.15, -0.1) is 0 Å². The largest absolute Gasteiger partial charge is 0.479 e. The summed E-state index contributed by atoms with van der Waals surface area (Å²) in [7, 11) is 0. The molecule has 0 heterocycles. The zero-order chi connectivity index (χ0) is 12.1. The van der Waals surface area contributed by atoms with Crippen LogP contribution in [-0.4, -0.2) is 46.5 Å². The monoisotopic (exact) mass is 219 g/mol. The molecule has 4 N–H and O–H groups in total. The summed E-state index contributed by atoms with van der Waals surface area (Å²) in [6.45, 7) is 2.96. The van der Waals surface area contributed by atoms with E-state index in [2.05, 4.69) is 5.32 Å². The van der Waals surface area contributed by atoms with Gasteiger partial charge < -0.3 is 20.6 Å². The van der Waals surface area contributed by atoms with Gasteiger partial charge in [0.25, 0.3) is 0 Å². The molecule has 0 aliphatic heterocycles. The Bertz CT molecular complexity index is 239. The summed E-state index contributed by atoms with van der Waals surface area (Å²) in [6, 6.07) is 0. The van der Waals surface area contributed by atoms with E-state index in [0.717, 1.165) is 0 Å². The van der Waals surface area contributed by atoms with Gasteiger partial charge in [0.1, 0.15) is 0 Å². The molecule has 0 fully saturated rings. The highest BCUT2D eigenvalue weighted by Crippen LogP contribution is 2.18. The first kappa shape index (κ1) is 13.9. The fourth-order valence-corrected chi connectivity index (χ4v) is 0.851. The van der Waals surface area contributed by atoms with Crippen molar-refractivity contribution in [2.24, 2.45) is 5.41 Å². The van der Waals surface area contributed by atoms with Crippen LogP contribution in [0.1, 0.15) is 20.3 Å². The molecule has 0 saturated carbocycles. The quantitative estimate of drug-likeness (QED) is 0.456. The highest BCUT2D eigenvalue weighted by Gasteiger charge is 2.22. The number of carboxylic acids is 1. The van der Waals surface area contributed by atoms with Crippen molar-refractivity contribution in [1.29, 1.82) is 0 Å². The third kappa shape index (κ3) is 6.03. The Kier molecular flexibility index (Phi) is 5.24. The number of carboxylic acid groups (broad SMARTS) is 1. The molecule has 6 heteroatoms. The highest BCUT2D eigenvalue weighted by molar-refractivity contribution is 5.78. The van der Waals surface area contributed by atoms with Gasteiger partial charge in [0.05, 0.1) is 6.54 Å². The van der Waals surface area contributed by atoms with Crippen LogP contribution in [0.2, 0.25) is 0 Å². The first-order chi connectivity index (χ1) is 6.78. The van der Waals surface area contributed by atoms with Crippen LogP contribution in [0.15, 0.2) is 0 Å². The van der Waals surface area contributed by atoms with Crippen LogP contribution in [0, 0.1) is 5.41 Å². The zero-order valence-corrected chi connectivity index (χ0v) is 8.86. The molecule has 6 nitrogen and oxygen atoms in total. The summed E-state index contributed by atoms with van der Waals surface area (Å²) >= 11 is 0. The molecule has 0 bridgehead atoms. The summed E-state index contributed by atoms with van der Waals surface area (Å²) in [5.41, 5.74) is -0.543. The molecule has 0 rings (SSSR count). The molecule has 0 spiro atoms. The first-order valence-corrected chi connectivity index (χ1v) is 4.57. The van der Waals surface area contributed by atoms with E-state index >= 15 is 0 Å². The maximum absolute atomic E-state index is 11.2. The van der Waals surface area contributed by atoms with Crippen LogP contribution in [0.3, 0.4) is 0 Å². The second-order valence-electron chi connectivity index (χ2n) is 4.16. The number of nitrogens with one attached hydrogen (secondary N) is 1. The van der Waals surface area contributed by atoms with Gasteiger partial charge in [-0.1, -0.05) is 13.8 Å². The minimum absolute atomic E-state index is 0.0792. The predicted octanol–water partition coefficient (Wildman–Crippen LogP) is -1.04. The maximum Gasteiger partial charge on any atom is 0.334 e. The van der Waals surface area contributed by atoms with E-state index in [1.165, 1.54) is 0 Å². The summed E-state index contributed by atoms with van der Waals surface area (Å²) in [5.74, 6) is -1.77. The number of aliphatic carboxylic acids is 1. The number of hydrogen-bond donors (Lipinski definition) is 4. The zero-order valence-electron chi connectivity index (χ0n) is 8.86. The minimum atomic E-state index is -1.59.